The fraction of sp³-hybridized carbons (Fsp3) is 0.556. The summed E-state index contributed by atoms with van der Waals surface area (Å²) < 4.78 is 10.4. The molecule has 0 spiro atoms. The van der Waals surface area contributed by atoms with Gasteiger partial charge >= 0.3 is 11.7 Å². The average Bonchev–Trinajstić information content (AvgIpc) is 2.90. The molecule has 1 aliphatic rings. The Balaban J connectivity index is 2.07. The number of hydrogen-bond donors (Lipinski definition) is 0. The van der Waals surface area contributed by atoms with Crippen LogP contribution in [-0.2, 0) is 9.53 Å². The molecule has 8 heteroatoms. The summed E-state index contributed by atoms with van der Waals surface area (Å²) in [4.78, 5) is 37.0. The van der Waals surface area contributed by atoms with Crippen molar-refractivity contribution >= 4 is 17.6 Å². The van der Waals surface area contributed by atoms with Crippen LogP contribution in [0.15, 0.2) is 18.2 Å². The lowest BCUT2D eigenvalue weighted by Crippen LogP contribution is -2.40. The maximum atomic E-state index is 12.5. The second-order valence-corrected chi connectivity index (χ2v) is 6.16. The molecule has 0 N–H and O–H groups in total. The summed E-state index contributed by atoms with van der Waals surface area (Å²) in [6, 6.07) is 3.86. The van der Waals surface area contributed by atoms with Gasteiger partial charge in [-0.25, -0.2) is 4.79 Å². The van der Waals surface area contributed by atoms with Crippen molar-refractivity contribution in [2.24, 2.45) is 0 Å². The number of nitrogens with zero attached hydrogens (tertiary/aromatic N) is 2. The van der Waals surface area contributed by atoms with Crippen molar-refractivity contribution in [2.75, 3.05) is 19.7 Å². The van der Waals surface area contributed by atoms with Crippen LogP contribution >= 0.6 is 0 Å². The molecule has 1 atom stereocenters. The maximum absolute atomic E-state index is 12.5. The molecule has 8 nitrogen and oxygen atoms in total. The highest BCUT2D eigenvalue weighted by molar-refractivity contribution is 5.93. The third kappa shape index (κ3) is 4.93. The summed E-state index contributed by atoms with van der Waals surface area (Å²) in [5, 5.41) is 11.2. The zero-order chi connectivity index (χ0) is 19.1. The van der Waals surface area contributed by atoms with Crippen LogP contribution in [0.2, 0.25) is 0 Å². The van der Waals surface area contributed by atoms with Crippen LogP contribution in [0, 0.1) is 10.1 Å². The summed E-state index contributed by atoms with van der Waals surface area (Å²) in [6.45, 7) is 4.83. The van der Waals surface area contributed by atoms with Crippen LogP contribution in [0.5, 0.6) is 5.75 Å². The van der Waals surface area contributed by atoms with E-state index in [1.807, 2.05) is 0 Å². The molecular weight excluding hydrogens is 340 g/mol. The number of rotatable bonds is 6. The van der Waals surface area contributed by atoms with Crippen molar-refractivity contribution < 1.29 is 24.0 Å². The number of likely N-dealkylation sites (tertiary alicyclic amines) is 1. The Bertz CT molecular complexity index is 668. The first kappa shape index (κ1) is 19.7. The van der Waals surface area contributed by atoms with Gasteiger partial charge in [0.2, 0.25) is 0 Å². The predicted molar refractivity (Wildman–Crippen MR) is 94.2 cm³/mol. The van der Waals surface area contributed by atoms with E-state index in [0.29, 0.717) is 13.1 Å². The summed E-state index contributed by atoms with van der Waals surface area (Å²) in [5.74, 6) is -0.921. The van der Waals surface area contributed by atoms with Gasteiger partial charge in [0.25, 0.3) is 5.91 Å². The minimum Gasteiger partial charge on any atom is -0.487 e. The van der Waals surface area contributed by atoms with Crippen molar-refractivity contribution in [3.05, 3.63) is 33.9 Å². The predicted octanol–water partition coefficient (Wildman–Crippen LogP) is 2.94. The number of ether oxygens (including phenoxy) is 2. The van der Waals surface area contributed by atoms with Crippen LogP contribution in [0.1, 0.15) is 49.9 Å². The standard InChI is InChI=1S/C18H24N2O6/c1-3-25-16-9-8-14(12-15(16)20(23)24)18(22)26-13(2)17(21)19-10-6-4-5-7-11-19/h8-9,12-13H,3-7,10-11H2,1-2H3. The maximum Gasteiger partial charge on any atom is 0.339 e. The Morgan fingerprint density at radius 3 is 2.46 bits per heavy atom. The third-order valence-electron chi connectivity index (χ3n) is 4.24. The Hall–Kier alpha value is -2.64. The fourth-order valence-electron chi connectivity index (χ4n) is 2.89. The molecule has 26 heavy (non-hydrogen) atoms. The molecule has 0 radical (unpaired) electrons. The molecule has 0 saturated carbocycles. The first-order chi connectivity index (χ1) is 12.4. The quantitative estimate of drug-likeness (QED) is 0.437. The molecule has 142 valence electrons. The summed E-state index contributed by atoms with van der Waals surface area (Å²) >= 11 is 0. The Morgan fingerprint density at radius 1 is 1.23 bits per heavy atom. The van der Waals surface area contributed by atoms with Gasteiger partial charge in [-0.15, -0.1) is 0 Å². The van der Waals surface area contributed by atoms with Crippen LogP contribution in [0.25, 0.3) is 0 Å². The number of esters is 1. The van der Waals surface area contributed by atoms with E-state index in [1.54, 1.807) is 11.8 Å². The van der Waals surface area contributed by atoms with Crippen LogP contribution in [-0.4, -0.2) is 47.5 Å². The van der Waals surface area contributed by atoms with E-state index in [9.17, 15) is 19.7 Å². The van der Waals surface area contributed by atoms with Crippen LogP contribution < -0.4 is 4.74 Å². The molecule has 1 saturated heterocycles. The molecular formula is C18H24N2O6. The first-order valence-electron chi connectivity index (χ1n) is 8.85. The highest BCUT2D eigenvalue weighted by Gasteiger charge is 2.26. The van der Waals surface area contributed by atoms with E-state index < -0.39 is 17.0 Å². The van der Waals surface area contributed by atoms with Gasteiger partial charge in [0, 0.05) is 19.2 Å². The Morgan fingerprint density at radius 2 is 1.88 bits per heavy atom. The molecule has 0 aliphatic carbocycles. The zero-order valence-electron chi connectivity index (χ0n) is 15.1. The summed E-state index contributed by atoms with van der Waals surface area (Å²) in [7, 11) is 0. The number of nitro groups is 1. The van der Waals surface area contributed by atoms with Gasteiger partial charge in [0.15, 0.2) is 11.9 Å². The number of carbonyl (C=O) groups excluding carboxylic acids is 2. The van der Waals surface area contributed by atoms with Gasteiger partial charge in [0.05, 0.1) is 17.1 Å². The summed E-state index contributed by atoms with van der Waals surface area (Å²) in [6.07, 6.45) is 3.13. The average molecular weight is 364 g/mol. The second-order valence-electron chi connectivity index (χ2n) is 6.16. The lowest BCUT2D eigenvalue weighted by Gasteiger charge is -2.24. The molecule has 0 bridgehead atoms. The van der Waals surface area contributed by atoms with Gasteiger partial charge < -0.3 is 14.4 Å². The minimum atomic E-state index is -0.939. The molecule has 1 aromatic rings. The number of carbonyl (C=O) groups is 2. The van der Waals surface area contributed by atoms with E-state index in [4.69, 9.17) is 9.47 Å². The zero-order valence-corrected chi connectivity index (χ0v) is 15.1. The first-order valence-corrected chi connectivity index (χ1v) is 8.85. The molecule has 1 aromatic carbocycles. The van der Waals surface area contributed by atoms with Gasteiger partial charge in [0.1, 0.15) is 0 Å². The molecule has 1 heterocycles. The van der Waals surface area contributed by atoms with Gasteiger partial charge in [-0.2, -0.15) is 0 Å². The van der Waals surface area contributed by atoms with Gasteiger partial charge in [-0.3, -0.25) is 14.9 Å². The van der Waals surface area contributed by atoms with Gasteiger partial charge in [-0.05, 0) is 38.8 Å². The molecule has 2 rings (SSSR count). The normalized spacial score (nSPS) is 15.7. The van der Waals surface area contributed by atoms with Gasteiger partial charge in [-0.1, -0.05) is 12.8 Å². The second kappa shape index (κ2) is 9.17. The van der Waals surface area contributed by atoms with Crippen molar-refractivity contribution in [2.45, 2.75) is 45.6 Å². The minimum absolute atomic E-state index is 0.00988. The molecule has 0 aromatic heterocycles. The number of hydrogen-bond acceptors (Lipinski definition) is 6. The molecule has 1 amide bonds. The van der Waals surface area contributed by atoms with Crippen molar-refractivity contribution in [1.82, 2.24) is 4.90 Å². The largest absolute Gasteiger partial charge is 0.487 e. The summed E-state index contributed by atoms with van der Waals surface area (Å²) in [5.41, 5.74) is -0.302. The Labute approximate surface area is 152 Å². The SMILES string of the molecule is CCOc1ccc(C(=O)OC(C)C(=O)N2CCCCCC2)cc1[N+](=O)[O-]. The smallest absolute Gasteiger partial charge is 0.339 e. The van der Waals surface area contributed by atoms with E-state index in [0.717, 1.165) is 31.7 Å². The van der Waals surface area contributed by atoms with Crippen LogP contribution in [0.3, 0.4) is 0 Å². The number of benzene rings is 1. The third-order valence-corrected chi connectivity index (χ3v) is 4.24. The van der Waals surface area contributed by atoms with E-state index in [-0.39, 0.29) is 29.5 Å². The lowest BCUT2D eigenvalue weighted by molar-refractivity contribution is -0.385. The van der Waals surface area contributed by atoms with Crippen molar-refractivity contribution in [1.29, 1.82) is 0 Å². The molecule has 1 unspecified atom stereocenters. The monoisotopic (exact) mass is 364 g/mol. The fourth-order valence-corrected chi connectivity index (χ4v) is 2.89. The highest BCUT2D eigenvalue weighted by atomic mass is 16.6. The van der Waals surface area contributed by atoms with Crippen molar-refractivity contribution in [3.63, 3.8) is 0 Å². The number of amides is 1. The van der Waals surface area contributed by atoms with Crippen molar-refractivity contribution in [3.8, 4) is 5.75 Å². The van der Waals surface area contributed by atoms with E-state index in [1.165, 1.54) is 19.1 Å². The highest BCUT2D eigenvalue weighted by Crippen LogP contribution is 2.28. The number of nitro benzene ring substituents is 1. The van der Waals surface area contributed by atoms with E-state index in [2.05, 4.69) is 0 Å². The van der Waals surface area contributed by atoms with E-state index >= 15 is 0 Å². The Kier molecular flexibility index (Phi) is 6.94. The lowest BCUT2D eigenvalue weighted by atomic mass is 10.2. The molecule has 1 aliphatic heterocycles. The van der Waals surface area contributed by atoms with Crippen LogP contribution in [0.4, 0.5) is 5.69 Å². The topological polar surface area (TPSA) is 99.0 Å². The molecule has 1 fully saturated rings.